The minimum atomic E-state index is -0.216. The highest BCUT2D eigenvalue weighted by molar-refractivity contribution is 5.27. The summed E-state index contributed by atoms with van der Waals surface area (Å²) < 4.78 is 18.4. The first-order valence-electron chi connectivity index (χ1n) is 6.59. The largest absolute Gasteiger partial charge is 0.497 e. The molecule has 0 bridgehead atoms. The van der Waals surface area contributed by atoms with Crippen molar-refractivity contribution in [1.29, 1.82) is 0 Å². The predicted molar refractivity (Wildman–Crippen MR) is 77.2 cm³/mol. The monoisotopic (exact) mass is 274 g/mol. The van der Waals surface area contributed by atoms with Gasteiger partial charge in [-0.3, -0.25) is 4.98 Å². The molecule has 3 nitrogen and oxygen atoms in total. The number of rotatable bonds is 5. The molecule has 1 aromatic heterocycles. The topological polar surface area (TPSA) is 34.1 Å². The number of aryl methyl sites for hydroxylation is 1. The van der Waals surface area contributed by atoms with Gasteiger partial charge in [-0.05, 0) is 31.5 Å². The summed E-state index contributed by atoms with van der Waals surface area (Å²) in [6, 6.07) is 10.5. The van der Waals surface area contributed by atoms with Crippen LogP contribution < -0.4 is 10.1 Å². The Labute approximate surface area is 118 Å². The smallest absolute Gasteiger partial charge is 0.123 e. The Hall–Kier alpha value is -1.94. The number of ether oxygens (including phenoxy) is 1. The molecule has 4 heteroatoms. The van der Waals surface area contributed by atoms with Gasteiger partial charge in [0.25, 0.3) is 0 Å². The van der Waals surface area contributed by atoms with Crippen molar-refractivity contribution in [1.82, 2.24) is 10.3 Å². The Kier molecular flexibility index (Phi) is 4.69. The SMILES string of the molecule is COc1cc(C)nc(CNC(C)c2cccc(F)c2)c1. The second-order valence-corrected chi connectivity index (χ2v) is 4.80. The summed E-state index contributed by atoms with van der Waals surface area (Å²) in [5.41, 5.74) is 2.74. The van der Waals surface area contributed by atoms with Gasteiger partial charge in [-0.2, -0.15) is 0 Å². The van der Waals surface area contributed by atoms with Crippen LogP contribution in [0.2, 0.25) is 0 Å². The molecule has 20 heavy (non-hydrogen) atoms. The Morgan fingerprint density at radius 2 is 2.10 bits per heavy atom. The summed E-state index contributed by atoms with van der Waals surface area (Å²) in [6.45, 7) is 4.54. The molecule has 1 aromatic carbocycles. The van der Waals surface area contributed by atoms with Crippen LogP contribution in [0.15, 0.2) is 36.4 Å². The van der Waals surface area contributed by atoms with Crippen LogP contribution in [-0.2, 0) is 6.54 Å². The van der Waals surface area contributed by atoms with Crippen molar-refractivity contribution in [2.24, 2.45) is 0 Å². The van der Waals surface area contributed by atoms with Crippen molar-refractivity contribution in [2.45, 2.75) is 26.4 Å². The maximum absolute atomic E-state index is 13.2. The Morgan fingerprint density at radius 1 is 1.30 bits per heavy atom. The first kappa shape index (κ1) is 14.5. The average Bonchev–Trinajstić information content (AvgIpc) is 2.44. The number of benzene rings is 1. The third-order valence-corrected chi connectivity index (χ3v) is 3.15. The third-order valence-electron chi connectivity index (χ3n) is 3.15. The molecule has 1 N–H and O–H groups in total. The molecular formula is C16H19FN2O. The molecule has 1 atom stereocenters. The van der Waals surface area contributed by atoms with Gasteiger partial charge in [-0.25, -0.2) is 4.39 Å². The van der Waals surface area contributed by atoms with Crippen LogP contribution in [0.1, 0.15) is 29.9 Å². The zero-order valence-corrected chi connectivity index (χ0v) is 12.0. The van der Waals surface area contributed by atoms with Crippen molar-refractivity contribution in [2.75, 3.05) is 7.11 Å². The molecular weight excluding hydrogens is 255 g/mol. The molecule has 106 valence electrons. The lowest BCUT2D eigenvalue weighted by atomic mass is 10.1. The van der Waals surface area contributed by atoms with E-state index in [-0.39, 0.29) is 11.9 Å². The van der Waals surface area contributed by atoms with Crippen molar-refractivity contribution in [3.63, 3.8) is 0 Å². The quantitative estimate of drug-likeness (QED) is 0.907. The minimum Gasteiger partial charge on any atom is -0.497 e. The van der Waals surface area contributed by atoms with Crippen LogP contribution in [0, 0.1) is 12.7 Å². The second kappa shape index (κ2) is 6.48. The number of aromatic nitrogens is 1. The number of halogens is 1. The van der Waals surface area contributed by atoms with Crippen LogP contribution in [0.4, 0.5) is 4.39 Å². The van der Waals surface area contributed by atoms with Gasteiger partial charge in [0.2, 0.25) is 0 Å². The zero-order chi connectivity index (χ0) is 14.5. The molecule has 0 saturated heterocycles. The lowest BCUT2D eigenvalue weighted by molar-refractivity contribution is 0.412. The fourth-order valence-electron chi connectivity index (χ4n) is 2.06. The average molecular weight is 274 g/mol. The summed E-state index contributed by atoms with van der Waals surface area (Å²) >= 11 is 0. The maximum Gasteiger partial charge on any atom is 0.123 e. The number of hydrogen-bond donors (Lipinski definition) is 1. The fourth-order valence-corrected chi connectivity index (χ4v) is 2.06. The van der Waals surface area contributed by atoms with E-state index in [9.17, 15) is 4.39 Å². The fraction of sp³-hybridized carbons (Fsp3) is 0.312. The molecule has 0 saturated carbocycles. The van der Waals surface area contributed by atoms with Gasteiger partial charge in [0.05, 0.1) is 12.8 Å². The van der Waals surface area contributed by atoms with Gasteiger partial charge in [0.1, 0.15) is 11.6 Å². The van der Waals surface area contributed by atoms with E-state index in [4.69, 9.17) is 4.74 Å². The van der Waals surface area contributed by atoms with E-state index in [0.717, 1.165) is 22.7 Å². The standard InChI is InChI=1S/C16H19FN2O/c1-11-7-16(20-3)9-15(19-11)10-18-12(2)13-5-4-6-14(17)8-13/h4-9,12,18H,10H2,1-3H3. The Balaban J connectivity index is 2.03. The minimum absolute atomic E-state index is 0.0546. The number of hydrogen-bond acceptors (Lipinski definition) is 3. The Bertz CT molecular complexity index is 586. The predicted octanol–water partition coefficient (Wildman–Crippen LogP) is 3.39. The van der Waals surface area contributed by atoms with Crippen molar-refractivity contribution >= 4 is 0 Å². The zero-order valence-electron chi connectivity index (χ0n) is 12.0. The summed E-state index contributed by atoms with van der Waals surface area (Å²) in [5, 5.41) is 3.34. The van der Waals surface area contributed by atoms with Crippen molar-refractivity contribution in [3.8, 4) is 5.75 Å². The summed E-state index contributed by atoms with van der Waals surface area (Å²) in [4.78, 5) is 4.45. The molecule has 1 heterocycles. The Morgan fingerprint density at radius 3 is 2.80 bits per heavy atom. The number of nitrogens with zero attached hydrogens (tertiary/aromatic N) is 1. The van der Waals surface area contributed by atoms with E-state index in [2.05, 4.69) is 10.3 Å². The summed E-state index contributed by atoms with van der Waals surface area (Å²) in [5.74, 6) is 0.583. The highest BCUT2D eigenvalue weighted by atomic mass is 19.1. The molecule has 2 aromatic rings. The first-order valence-corrected chi connectivity index (χ1v) is 6.59. The van der Waals surface area contributed by atoms with E-state index in [1.54, 1.807) is 19.2 Å². The van der Waals surface area contributed by atoms with Gasteiger partial charge in [0.15, 0.2) is 0 Å². The molecule has 0 aliphatic carbocycles. The van der Waals surface area contributed by atoms with Crippen LogP contribution in [0.3, 0.4) is 0 Å². The molecule has 0 radical (unpaired) electrons. The maximum atomic E-state index is 13.2. The highest BCUT2D eigenvalue weighted by Crippen LogP contribution is 2.16. The molecule has 0 amide bonds. The number of pyridine rings is 1. The van der Waals surface area contributed by atoms with Crippen LogP contribution in [0.25, 0.3) is 0 Å². The van der Waals surface area contributed by atoms with E-state index in [1.165, 1.54) is 6.07 Å². The molecule has 1 unspecified atom stereocenters. The van der Waals surface area contributed by atoms with Gasteiger partial charge in [0, 0.05) is 30.4 Å². The van der Waals surface area contributed by atoms with Crippen molar-refractivity contribution < 1.29 is 9.13 Å². The number of methoxy groups -OCH3 is 1. The number of nitrogens with one attached hydrogen (secondary N) is 1. The van der Waals surface area contributed by atoms with Gasteiger partial charge in [-0.1, -0.05) is 12.1 Å². The first-order chi connectivity index (χ1) is 9.58. The summed E-state index contributed by atoms with van der Waals surface area (Å²) in [6.07, 6.45) is 0. The van der Waals surface area contributed by atoms with Gasteiger partial charge >= 0.3 is 0 Å². The molecule has 2 rings (SSSR count). The van der Waals surface area contributed by atoms with E-state index in [0.29, 0.717) is 6.54 Å². The van der Waals surface area contributed by atoms with Crippen LogP contribution in [0.5, 0.6) is 5.75 Å². The van der Waals surface area contributed by atoms with Crippen LogP contribution >= 0.6 is 0 Å². The van der Waals surface area contributed by atoms with Gasteiger partial charge < -0.3 is 10.1 Å². The second-order valence-electron chi connectivity index (χ2n) is 4.80. The van der Waals surface area contributed by atoms with E-state index < -0.39 is 0 Å². The third kappa shape index (κ3) is 3.78. The molecule has 0 aliphatic rings. The molecule has 0 spiro atoms. The lowest BCUT2D eigenvalue weighted by Crippen LogP contribution is -2.19. The van der Waals surface area contributed by atoms with E-state index >= 15 is 0 Å². The summed E-state index contributed by atoms with van der Waals surface area (Å²) in [7, 11) is 1.64. The normalized spacial score (nSPS) is 12.2. The van der Waals surface area contributed by atoms with E-state index in [1.807, 2.05) is 32.0 Å². The molecule has 0 aliphatic heterocycles. The van der Waals surface area contributed by atoms with Crippen LogP contribution in [-0.4, -0.2) is 12.1 Å². The molecule has 0 fully saturated rings. The highest BCUT2D eigenvalue weighted by Gasteiger charge is 2.07. The lowest BCUT2D eigenvalue weighted by Gasteiger charge is -2.14. The van der Waals surface area contributed by atoms with Crippen molar-refractivity contribution in [3.05, 3.63) is 59.2 Å². The van der Waals surface area contributed by atoms with Gasteiger partial charge in [-0.15, -0.1) is 0 Å².